The van der Waals surface area contributed by atoms with Gasteiger partial charge in [-0.2, -0.15) is 0 Å². The van der Waals surface area contributed by atoms with Crippen molar-refractivity contribution in [2.75, 3.05) is 23.7 Å². The second-order valence-corrected chi connectivity index (χ2v) is 8.80. The molecule has 1 saturated heterocycles. The molecule has 4 rings (SSSR count). The topological polar surface area (TPSA) is 63.1 Å². The van der Waals surface area contributed by atoms with Gasteiger partial charge in [0.15, 0.2) is 5.16 Å². The van der Waals surface area contributed by atoms with Crippen molar-refractivity contribution in [1.82, 2.24) is 20.1 Å². The molecule has 7 heteroatoms. The maximum absolute atomic E-state index is 12.4. The fourth-order valence-corrected chi connectivity index (χ4v) is 4.51. The average Bonchev–Trinajstić information content (AvgIpc) is 3.23. The van der Waals surface area contributed by atoms with E-state index in [1.807, 2.05) is 6.07 Å². The number of nitrogens with one attached hydrogen (secondary N) is 1. The minimum Gasteiger partial charge on any atom is -0.353 e. The van der Waals surface area contributed by atoms with Gasteiger partial charge in [-0.25, -0.2) is 0 Å². The van der Waals surface area contributed by atoms with Crippen molar-refractivity contribution in [3.63, 3.8) is 0 Å². The molecule has 150 valence electrons. The number of thioether (sulfide) groups is 1. The fourth-order valence-electron chi connectivity index (χ4n) is 3.70. The van der Waals surface area contributed by atoms with Crippen LogP contribution in [-0.4, -0.2) is 45.6 Å². The summed E-state index contributed by atoms with van der Waals surface area (Å²) in [7, 11) is 0. The Balaban J connectivity index is 1.27. The summed E-state index contributed by atoms with van der Waals surface area (Å²) >= 11 is 1.51. The van der Waals surface area contributed by atoms with E-state index in [0.717, 1.165) is 37.0 Å². The van der Waals surface area contributed by atoms with Gasteiger partial charge < -0.3 is 10.2 Å². The van der Waals surface area contributed by atoms with Gasteiger partial charge in [0.05, 0.1) is 5.75 Å². The van der Waals surface area contributed by atoms with Crippen LogP contribution in [0.5, 0.6) is 0 Å². The number of amides is 1. The predicted octanol–water partition coefficient (Wildman–Crippen LogP) is 3.44. The van der Waals surface area contributed by atoms with Gasteiger partial charge in [0.2, 0.25) is 11.9 Å². The molecular weight excluding hydrogens is 370 g/mol. The lowest BCUT2D eigenvalue weighted by atomic mass is 10.1. The number of hydrogen-bond acceptors (Lipinski definition) is 5. The molecule has 0 radical (unpaired) electrons. The van der Waals surface area contributed by atoms with Crippen LogP contribution in [0, 0.1) is 0 Å². The molecule has 1 saturated carbocycles. The Hall–Kier alpha value is -2.02. The lowest BCUT2D eigenvalue weighted by Crippen LogP contribution is -2.34. The first kappa shape index (κ1) is 19.3. The number of carbonyl (C=O) groups is 1. The van der Waals surface area contributed by atoms with E-state index in [0.29, 0.717) is 11.8 Å². The van der Waals surface area contributed by atoms with Crippen LogP contribution in [0.4, 0.5) is 5.95 Å². The molecule has 0 spiro atoms. The Kier molecular flexibility index (Phi) is 6.20. The standard InChI is InChI=1S/C21H29N5OS/c1-16(9-10-17-7-3-2-4-8-17)22-19(27)15-28-21-24-23-20(25-13-5-6-14-25)26(21)18-11-12-18/h2-4,7-8,16,18H,5-6,9-15H2,1H3,(H,22,27). The number of nitrogens with zero attached hydrogens (tertiary/aromatic N) is 4. The molecule has 2 aliphatic rings. The van der Waals surface area contributed by atoms with E-state index in [9.17, 15) is 4.79 Å². The minimum atomic E-state index is 0.0682. The molecule has 28 heavy (non-hydrogen) atoms. The zero-order chi connectivity index (χ0) is 19.3. The molecule has 1 aliphatic heterocycles. The number of anilines is 1. The Morgan fingerprint density at radius 2 is 1.96 bits per heavy atom. The maximum atomic E-state index is 12.4. The smallest absolute Gasteiger partial charge is 0.230 e. The molecule has 1 aliphatic carbocycles. The molecule has 6 nitrogen and oxygen atoms in total. The monoisotopic (exact) mass is 399 g/mol. The van der Waals surface area contributed by atoms with Crippen LogP contribution in [0.25, 0.3) is 0 Å². The van der Waals surface area contributed by atoms with E-state index >= 15 is 0 Å². The number of carbonyl (C=O) groups excluding carboxylic acids is 1. The molecule has 2 heterocycles. The van der Waals surface area contributed by atoms with Crippen molar-refractivity contribution in [2.24, 2.45) is 0 Å². The number of aromatic nitrogens is 3. The largest absolute Gasteiger partial charge is 0.353 e. The third-order valence-electron chi connectivity index (χ3n) is 5.40. The zero-order valence-corrected chi connectivity index (χ0v) is 17.3. The second kappa shape index (κ2) is 8.99. The van der Waals surface area contributed by atoms with Gasteiger partial charge in [-0.1, -0.05) is 42.1 Å². The summed E-state index contributed by atoms with van der Waals surface area (Å²) in [4.78, 5) is 14.7. The van der Waals surface area contributed by atoms with Crippen molar-refractivity contribution in [3.8, 4) is 0 Å². The number of aryl methyl sites for hydroxylation is 1. The molecule has 1 aromatic carbocycles. The van der Waals surface area contributed by atoms with E-state index in [-0.39, 0.29) is 11.9 Å². The van der Waals surface area contributed by atoms with Crippen LogP contribution in [0.15, 0.2) is 35.5 Å². The average molecular weight is 400 g/mol. The highest BCUT2D eigenvalue weighted by molar-refractivity contribution is 7.99. The Morgan fingerprint density at radius 3 is 2.68 bits per heavy atom. The molecule has 2 fully saturated rings. The van der Waals surface area contributed by atoms with E-state index < -0.39 is 0 Å². The third kappa shape index (κ3) is 4.87. The van der Waals surface area contributed by atoms with Crippen LogP contribution in [0.2, 0.25) is 0 Å². The van der Waals surface area contributed by atoms with Gasteiger partial charge in [-0.3, -0.25) is 9.36 Å². The highest BCUT2D eigenvalue weighted by Gasteiger charge is 2.32. The molecular formula is C21H29N5OS. The van der Waals surface area contributed by atoms with Crippen molar-refractivity contribution in [2.45, 2.75) is 62.7 Å². The first-order valence-electron chi connectivity index (χ1n) is 10.4. The van der Waals surface area contributed by atoms with Gasteiger partial charge in [0.25, 0.3) is 0 Å². The quantitative estimate of drug-likeness (QED) is 0.655. The highest BCUT2D eigenvalue weighted by Crippen LogP contribution is 2.41. The minimum absolute atomic E-state index is 0.0682. The Labute approximate surface area is 171 Å². The highest BCUT2D eigenvalue weighted by atomic mass is 32.2. The Bertz CT molecular complexity index is 783. The SMILES string of the molecule is CC(CCc1ccccc1)NC(=O)CSc1nnc(N2CCCC2)n1C1CC1. The summed E-state index contributed by atoms with van der Waals surface area (Å²) in [5, 5.41) is 12.9. The van der Waals surface area contributed by atoms with Crippen LogP contribution < -0.4 is 10.2 Å². The molecule has 0 bridgehead atoms. The van der Waals surface area contributed by atoms with E-state index in [1.165, 1.54) is 43.0 Å². The molecule has 2 aromatic rings. The molecule has 1 N–H and O–H groups in total. The lowest BCUT2D eigenvalue weighted by Gasteiger charge is -2.18. The van der Waals surface area contributed by atoms with Crippen molar-refractivity contribution >= 4 is 23.6 Å². The second-order valence-electron chi connectivity index (χ2n) is 7.86. The molecule has 1 atom stereocenters. The summed E-state index contributed by atoms with van der Waals surface area (Å²) in [6, 6.07) is 11.1. The summed E-state index contributed by atoms with van der Waals surface area (Å²) in [5.41, 5.74) is 1.31. The van der Waals surface area contributed by atoms with Crippen molar-refractivity contribution in [1.29, 1.82) is 0 Å². The summed E-state index contributed by atoms with van der Waals surface area (Å²) in [5.74, 6) is 1.46. The van der Waals surface area contributed by atoms with Gasteiger partial charge in [0.1, 0.15) is 0 Å². The van der Waals surface area contributed by atoms with Gasteiger partial charge in [-0.05, 0) is 51.0 Å². The summed E-state index contributed by atoms with van der Waals surface area (Å²) in [6.45, 7) is 4.20. The van der Waals surface area contributed by atoms with Gasteiger partial charge in [-0.15, -0.1) is 10.2 Å². The normalized spacial score (nSPS) is 17.7. The maximum Gasteiger partial charge on any atom is 0.230 e. The Morgan fingerprint density at radius 1 is 1.21 bits per heavy atom. The number of benzene rings is 1. The third-order valence-corrected chi connectivity index (χ3v) is 6.34. The van der Waals surface area contributed by atoms with E-state index in [4.69, 9.17) is 0 Å². The van der Waals surface area contributed by atoms with E-state index in [2.05, 4.69) is 56.2 Å². The number of hydrogen-bond donors (Lipinski definition) is 1. The fraction of sp³-hybridized carbons (Fsp3) is 0.571. The van der Waals surface area contributed by atoms with Crippen molar-refractivity contribution in [3.05, 3.63) is 35.9 Å². The lowest BCUT2D eigenvalue weighted by molar-refractivity contribution is -0.119. The van der Waals surface area contributed by atoms with Crippen LogP contribution >= 0.6 is 11.8 Å². The van der Waals surface area contributed by atoms with Gasteiger partial charge in [0, 0.05) is 25.2 Å². The molecule has 1 aromatic heterocycles. The van der Waals surface area contributed by atoms with Gasteiger partial charge >= 0.3 is 0 Å². The van der Waals surface area contributed by atoms with Crippen LogP contribution in [-0.2, 0) is 11.2 Å². The zero-order valence-electron chi connectivity index (χ0n) is 16.5. The molecule has 1 unspecified atom stereocenters. The number of rotatable bonds is 9. The summed E-state index contributed by atoms with van der Waals surface area (Å²) in [6.07, 6.45) is 6.75. The first-order chi connectivity index (χ1) is 13.7. The van der Waals surface area contributed by atoms with Crippen LogP contribution in [0.3, 0.4) is 0 Å². The first-order valence-corrected chi connectivity index (χ1v) is 11.3. The molecule has 1 amide bonds. The predicted molar refractivity (Wildman–Crippen MR) is 113 cm³/mol. The summed E-state index contributed by atoms with van der Waals surface area (Å²) < 4.78 is 2.27. The van der Waals surface area contributed by atoms with Crippen molar-refractivity contribution < 1.29 is 4.79 Å². The van der Waals surface area contributed by atoms with E-state index in [1.54, 1.807) is 0 Å². The van der Waals surface area contributed by atoms with Crippen LogP contribution in [0.1, 0.15) is 50.6 Å².